The summed E-state index contributed by atoms with van der Waals surface area (Å²) in [6.45, 7) is 1.51. The van der Waals surface area contributed by atoms with E-state index in [2.05, 4.69) is 0 Å². The number of hydrogen-bond acceptors (Lipinski definition) is 3. The van der Waals surface area contributed by atoms with Crippen molar-refractivity contribution >= 4 is 31.0 Å². The van der Waals surface area contributed by atoms with Crippen LogP contribution in [-0.4, -0.2) is 43.9 Å². The molecule has 3 N–H and O–H groups in total. The quantitative estimate of drug-likeness (QED) is 0.340. The molecule has 0 aromatic carbocycles. The fraction of sp³-hybridized carbons (Fsp3) is 1.00. The van der Waals surface area contributed by atoms with Crippen molar-refractivity contribution in [1.82, 2.24) is 0 Å². The van der Waals surface area contributed by atoms with Crippen molar-refractivity contribution < 1.29 is 17.5 Å². The number of rotatable bonds is 1. The first-order valence-electron chi connectivity index (χ1n) is 1.62. The largest absolute Gasteiger partial charge is 2.00 e. The Kier molecular flexibility index (Phi) is 6.27. The van der Waals surface area contributed by atoms with E-state index in [0.717, 1.165) is 0 Å². The van der Waals surface area contributed by atoms with Gasteiger partial charge in [0.2, 0.25) is 0 Å². The van der Waals surface area contributed by atoms with Gasteiger partial charge >= 0.3 is 31.0 Å². The van der Waals surface area contributed by atoms with E-state index in [-0.39, 0.29) is 32.1 Å². The fourth-order valence-corrected chi connectivity index (χ4v) is 0. The van der Waals surface area contributed by atoms with Crippen LogP contribution in [0.15, 0.2) is 0 Å². The first kappa shape index (κ1) is 11.0. The Balaban J connectivity index is -0.0000000417. The molecule has 5 heteroatoms. The van der Waals surface area contributed by atoms with E-state index >= 15 is 0 Å². The standard InChI is InChI=1S/C2H8O3P.Mg.2H/c1-2-6(3,4)5;;;/h3-5H,2H2,1H3;;;/q+1;+2;2*-1. The Hall–Kier alpha value is 1.08. The maximum Gasteiger partial charge on any atom is 2.00 e. The maximum absolute atomic E-state index is 8.05. The van der Waals surface area contributed by atoms with Crippen LogP contribution in [0.1, 0.15) is 9.78 Å². The molecule has 0 aliphatic carbocycles. The molecule has 0 heterocycles. The molecule has 0 bridgehead atoms. The van der Waals surface area contributed by atoms with Gasteiger partial charge in [-0.2, -0.15) is 14.7 Å². The van der Waals surface area contributed by atoms with Crippen molar-refractivity contribution in [2.24, 2.45) is 0 Å². The van der Waals surface area contributed by atoms with Gasteiger partial charge in [0, 0.05) is 0 Å². The van der Waals surface area contributed by atoms with Crippen molar-refractivity contribution in [3.8, 4) is 0 Å². The summed E-state index contributed by atoms with van der Waals surface area (Å²) in [5, 5.41) is 0. The Morgan fingerprint density at radius 1 is 1.43 bits per heavy atom. The number of hydrogen-bond donors (Lipinski definition) is 3. The molecule has 7 heavy (non-hydrogen) atoms. The fourth-order valence-electron chi connectivity index (χ4n) is 0. The van der Waals surface area contributed by atoms with Gasteiger partial charge in [-0.15, -0.1) is 0 Å². The second kappa shape index (κ2) is 4.01. The molecular formula is C2H10MgO3P+. The summed E-state index contributed by atoms with van der Waals surface area (Å²) in [6, 6.07) is 0. The average Bonchev–Trinajstić information content (AvgIpc) is 1.35. The van der Waals surface area contributed by atoms with E-state index in [1.54, 1.807) is 0 Å². The van der Waals surface area contributed by atoms with Gasteiger partial charge in [0.15, 0.2) is 0 Å². The Bertz CT molecular complexity index is 49.6. The van der Waals surface area contributed by atoms with Crippen molar-refractivity contribution in [2.75, 3.05) is 6.16 Å². The summed E-state index contributed by atoms with van der Waals surface area (Å²) < 4.78 is 0. The molecule has 0 unspecified atom stereocenters. The van der Waals surface area contributed by atoms with Crippen molar-refractivity contribution in [3.05, 3.63) is 0 Å². The normalized spacial score (nSPS) is 10.3. The predicted octanol–water partition coefficient (Wildman–Crippen LogP) is -0.410. The van der Waals surface area contributed by atoms with Crippen LogP contribution in [0.3, 0.4) is 0 Å². The molecule has 3 nitrogen and oxygen atoms in total. The van der Waals surface area contributed by atoms with Crippen LogP contribution in [0.5, 0.6) is 0 Å². The van der Waals surface area contributed by atoms with E-state index < -0.39 is 7.94 Å². The van der Waals surface area contributed by atoms with E-state index in [0.29, 0.717) is 0 Å². The van der Waals surface area contributed by atoms with Gasteiger partial charge in [0.25, 0.3) is 0 Å². The SMILES string of the molecule is CC[P+](O)(O)O.[H-].[H-].[Mg+2]. The summed E-state index contributed by atoms with van der Waals surface area (Å²) in [5.74, 6) is 0. The van der Waals surface area contributed by atoms with Crippen LogP contribution in [0.2, 0.25) is 0 Å². The third-order valence-electron chi connectivity index (χ3n) is 0.424. The molecule has 0 fully saturated rings. The van der Waals surface area contributed by atoms with E-state index in [1.165, 1.54) is 6.92 Å². The zero-order valence-electron chi connectivity index (χ0n) is 6.20. The third-order valence-corrected chi connectivity index (χ3v) is 1.27. The molecule has 0 atom stereocenters. The smallest absolute Gasteiger partial charge is 1.00 e. The summed E-state index contributed by atoms with van der Waals surface area (Å²) >= 11 is 0. The molecule has 0 saturated carbocycles. The van der Waals surface area contributed by atoms with Gasteiger partial charge in [-0.1, -0.05) is 0 Å². The van der Waals surface area contributed by atoms with Crippen LogP contribution in [0.4, 0.5) is 0 Å². The summed E-state index contributed by atoms with van der Waals surface area (Å²) in [4.78, 5) is 24.1. The molecule has 0 saturated heterocycles. The van der Waals surface area contributed by atoms with Crippen LogP contribution >= 0.6 is 7.94 Å². The Morgan fingerprint density at radius 3 is 1.57 bits per heavy atom. The molecule has 0 spiro atoms. The van der Waals surface area contributed by atoms with Crippen molar-refractivity contribution in [2.45, 2.75) is 6.92 Å². The first-order chi connectivity index (χ1) is 2.56. The topological polar surface area (TPSA) is 60.7 Å². The minimum absolute atomic E-state index is 0. The van der Waals surface area contributed by atoms with Gasteiger partial charge in [-0.05, 0) is 6.92 Å². The van der Waals surface area contributed by atoms with E-state index in [4.69, 9.17) is 14.7 Å². The molecule has 0 radical (unpaired) electrons. The summed E-state index contributed by atoms with van der Waals surface area (Å²) in [6.07, 6.45) is 0.0486. The van der Waals surface area contributed by atoms with Crippen molar-refractivity contribution in [3.63, 3.8) is 0 Å². The molecular weight excluding hydrogens is 127 g/mol. The zero-order valence-corrected chi connectivity index (χ0v) is 6.51. The van der Waals surface area contributed by atoms with Crippen LogP contribution in [0, 0.1) is 0 Å². The third kappa shape index (κ3) is 11.0. The van der Waals surface area contributed by atoms with Crippen LogP contribution < -0.4 is 0 Å². The van der Waals surface area contributed by atoms with Gasteiger partial charge in [-0.25, -0.2) is 0 Å². The minimum Gasteiger partial charge on any atom is -1.00 e. The summed E-state index contributed by atoms with van der Waals surface area (Å²) in [7, 11) is -3.40. The minimum atomic E-state index is -3.40. The molecule has 0 amide bonds. The van der Waals surface area contributed by atoms with Crippen LogP contribution in [-0.2, 0) is 0 Å². The second-order valence-corrected chi connectivity index (χ2v) is 3.03. The Morgan fingerprint density at radius 2 is 1.57 bits per heavy atom. The first-order valence-corrected chi connectivity index (χ1v) is 3.46. The summed E-state index contributed by atoms with van der Waals surface area (Å²) in [5.41, 5.74) is 0. The van der Waals surface area contributed by atoms with Gasteiger partial charge < -0.3 is 2.85 Å². The average molecular weight is 137 g/mol. The predicted molar refractivity (Wildman–Crippen MR) is 32.1 cm³/mol. The van der Waals surface area contributed by atoms with E-state index in [1.807, 2.05) is 0 Å². The van der Waals surface area contributed by atoms with Gasteiger partial charge in [-0.3, -0.25) is 0 Å². The molecule has 0 aromatic rings. The molecule has 0 rings (SSSR count). The molecule has 42 valence electrons. The van der Waals surface area contributed by atoms with Crippen LogP contribution in [0.25, 0.3) is 0 Å². The molecule has 0 aliphatic rings. The molecule has 0 aromatic heterocycles. The van der Waals surface area contributed by atoms with E-state index in [9.17, 15) is 0 Å². The maximum atomic E-state index is 8.05. The Labute approximate surface area is 62.1 Å². The van der Waals surface area contributed by atoms with Gasteiger partial charge in [0.1, 0.15) is 6.16 Å². The second-order valence-electron chi connectivity index (χ2n) is 1.01. The molecule has 0 aliphatic heterocycles. The van der Waals surface area contributed by atoms with Crippen molar-refractivity contribution in [1.29, 1.82) is 0 Å². The zero-order chi connectivity index (χ0) is 5.21. The monoisotopic (exact) mass is 137 g/mol. The van der Waals surface area contributed by atoms with Gasteiger partial charge in [0.05, 0.1) is 0 Å².